The Labute approximate surface area is 256 Å². The Hall–Kier alpha value is -4.78. The fourth-order valence-electron chi connectivity index (χ4n) is 5.81. The number of aromatic nitrogens is 3. The molecule has 1 saturated heterocycles. The van der Waals surface area contributed by atoms with E-state index < -0.39 is 34.6 Å². The standard InChI is InChI=1S/C32H32F3N5O5/c1-4-45-30(43)26-20(2)19-25-27(21(26)3)29(42)40(24-8-6-5-7-23(24)32(33,34)35)31(44)39(25)18-15-37-13-16-38(17-14-37)28(41)22-9-11-36-12-10-22/h5-12,19H,4,13-18H2,1-3H3. The third kappa shape index (κ3) is 6.12. The van der Waals surface area contributed by atoms with Crippen LogP contribution in [0.15, 0.2) is 64.4 Å². The van der Waals surface area contributed by atoms with Gasteiger partial charge in [-0.05, 0) is 62.2 Å². The predicted octanol–water partition coefficient (Wildman–Crippen LogP) is 3.82. The van der Waals surface area contributed by atoms with E-state index in [0.29, 0.717) is 48.4 Å². The van der Waals surface area contributed by atoms with Crippen molar-refractivity contribution in [2.24, 2.45) is 0 Å². The molecule has 0 unspecified atom stereocenters. The van der Waals surface area contributed by atoms with Crippen LogP contribution < -0.4 is 11.2 Å². The molecule has 0 spiro atoms. The summed E-state index contributed by atoms with van der Waals surface area (Å²) in [6, 6.07) is 9.23. The van der Waals surface area contributed by atoms with Crippen LogP contribution in [0.1, 0.15) is 44.3 Å². The molecule has 0 bridgehead atoms. The molecule has 45 heavy (non-hydrogen) atoms. The van der Waals surface area contributed by atoms with Crippen molar-refractivity contribution < 1.29 is 27.5 Å². The largest absolute Gasteiger partial charge is 0.462 e. The van der Waals surface area contributed by atoms with E-state index in [4.69, 9.17) is 4.74 Å². The maximum atomic E-state index is 14.1. The fraction of sp³-hybridized carbons (Fsp3) is 0.344. The van der Waals surface area contributed by atoms with E-state index in [9.17, 15) is 32.3 Å². The number of nitrogens with zero attached hydrogens (tertiary/aromatic N) is 5. The molecule has 0 atom stereocenters. The second-order valence-electron chi connectivity index (χ2n) is 10.8. The first-order valence-electron chi connectivity index (χ1n) is 14.5. The zero-order chi connectivity index (χ0) is 32.5. The second-order valence-corrected chi connectivity index (χ2v) is 10.8. The molecule has 4 aromatic rings. The number of alkyl halides is 3. The lowest BCUT2D eigenvalue weighted by Crippen LogP contribution is -2.50. The number of amides is 1. The van der Waals surface area contributed by atoms with Gasteiger partial charge >= 0.3 is 17.8 Å². The number of esters is 1. The highest BCUT2D eigenvalue weighted by Crippen LogP contribution is 2.33. The van der Waals surface area contributed by atoms with Crippen LogP contribution in [-0.2, 0) is 17.5 Å². The number of rotatable bonds is 7. The van der Waals surface area contributed by atoms with Gasteiger partial charge in [0.1, 0.15) is 0 Å². The average Bonchev–Trinajstić information content (AvgIpc) is 3.01. The Morgan fingerprint density at radius 2 is 1.62 bits per heavy atom. The van der Waals surface area contributed by atoms with Crippen molar-refractivity contribution in [1.29, 1.82) is 0 Å². The zero-order valence-corrected chi connectivity index (χ0v) is 25.1. The molecule has 13 heteroatoms. The molecule has 1 amide bonds. The summed E-state index contributed by atoms with van der Waals surface area (Å²) < 4.78 is 49.2. The first kappa shape index (κ1) is 31.6. The minimum atomic E-state index is -4.84. The van der Waals surface area contributed by atoms with Crippen molar-refractivity contribution in [2.75, 3.05) is 39.3 Å². The van der Waals surface area contributed by atoms with Gasteiger partial charge in [0.25, 0.3) is 11.5 Å². The van der Waals surface area contributed by atoms with Crippen molar-refractivity contribution in [1.82, 2.24) is 23.9 Å². The topological polar surface area (TPSA) is 107 Å². The van der Waals surface area contributed by atoms with Crippen molar-refractivity contribution in [2.45, 2.75) is 33.5 Å². The van der Waals surface area contributed by atoms with Crippen LogP contribution in [0, 0.1) is 13.8 Å². The number of hydrogen-bond acceptors (Lipinski definition) is 7. The molecule has 0 radical (unpaired) electrons. The van der Waals surface area contributed by atoms with Crippen LogP contribution >= 0.6 is 0 Å². The first-order valence-corrected chi connectivity index (χ1v) is 14.5. The molecule has 0 N–H and O–H groups in total. The number of halogens is 3. The van der Waals surface area contributed by atoms with E-state index >= 15 is 0 Å². The monoisotopic (exact) mass is 623 g/mol. The zero-order valence-electron chi connectivity index (χ0n) is 25.1. The van der Waals surface area contributed by atoms with Gasteiger partial charge in [-0.2, -0.15) is 13.2 Å². The van der Waals surface area contributed by atoms with Gasteiger partial charge in [-0.15, -0.1) is 0 Å². The highest BCUT2D eigenvalue weighted by atomic mass is 19.4. The van der Waals surface area contributed by atoms with Gasteiger partial charge in [-0.3, -0.25) is 24.0 Å². The quantitative estimate of drug-likeness (QED) is 0.288. The minimum absolute atomic E-state index is 0.0414. The molecule has 2 aromatic carbocycles. The number of ether oxygens (including phenoxy) is 1. The Kier molecular flexibility index (Phi) is 8.91. The average molecular weight is 624 g/mol. The minimum Gasteiger partial charge on any atom is -0.462 e. The van der Waals surface area contributed by atoms with Crippen LogP contribution in [0.5, 0.6) is 0 Å². The van der Waals surface area contributed by atoms with E-state index in [1.807, 2.05) is 4.90 Å². The second kappa shape index (κ2) is 12.7. The highest BCUT2D eigenvalue weighted by molar-refractivity contribution is 5.99. The van der Waals surface area contributed by atoms with Gasteiger partial charge in [-0.25, -0.2) is 14.2 Å². The SMILES string of the molecule is CCOC(=O)c1c(C)cc2c(c1C)c(=O)n(-c1ccccc1C(F)(F)F)c(=O)n2CCN1CCN(C(=O)c2ccncc2)CC1. The summed E-state index contributed by atoms with van der Waals surface area (Å²) in [4.78, 5) is 61.3. The molecular weight excluding hydrogens is 591 g/mol. The van der Waals surface area contributed by atoms with Gasteiger partial charge in [0.15, 0.2) is 0 Å². The molecule has 3 heterocycles. The summed E-state index contributed by atoms with van der Waals surface area (Å²) in [6.45, 7) is 7.15. The molecule has 1 fully saturated rings. The number of carbonyl (C=O) groups is 2. The number of hydrogen-bond donors (Lipinski definition) is 0. The lowest BCUT2D eigenvalue weighted by atomic mass is 9.98. The molecule has 5 rings (SSSR count). The number of pyridine rings is 1. The normalized spacial score (nSPS) is 14.1. The molecule has 0 aliphatic carbocycles. The summed E-state index contributed by atoms with van der Waals surface area (Å²) in [7, 11) is 0. The summed E-state index contributed by atoms with van der Waals surface area (Å²) in [6.07, 6.45) is -1.73. The first-order chi connectivity index (χ1) is 21.4. The Balaban J connectivity index is 1.57. The molecule has 1 aliphatic rings. The summed E-state index contributed by atoms with van der Waals surface area (Å²) >= 11 is 0. The van der Waals surface area contributed by atoms with E-state index in [1.54, 1.807) is 43.3 Å². The van der Waals surface area contributed by atoms with Crippen LogP contribution in [0.2, 0.25) is 0 Å². The molecule has 2 aromatic heterocycles. The molecular formula is C32H32F3N5O5. The molecule has 0 saturated carbocycles. The summed E-state index contributed by atoms with van der Waals surface area (Å²) in [5.41, 5.74) is -2.10. The lowest BCUT2D eigenvalue weighted by Gasteiger charge is -2.35. The molecule has 236 valence electrons. The smallest absolute Gasteiger partial charge is 0.418 e. The van der Waals surface area contributed by atoms with Gasteiger partial charge < -0.3 is 9.64 Å². The highest BCUT2D eigenvalue weighted by Gasteiger charge is 2.35. The van der Waals surface area contributed by atoms with Crippen LogP contribution in [0.25, 0.3) is 16.6 Å². The van der Waals surface area contributed by atoms with Crippen molar-refractivity contribution >= 4 is 22.8 Å². The number of para-hydroxylation sites is 1. The van der Waals surface area contributed by atoms with Gasteiger partial charge in [0.05, 0.1) is 34.3 Å². The predicted molar refractivity (Wildman–Crippen MR) is 161 cm³/mol. The maximum absolute atomic E-state index is 14.1. The number of aryl methyl sites for hydroxylation is 2. The van der Waals surface area contributed by atoms with E-state index in [-0.39, 0.29) is 41.1 Å². The van der Waals surface area contributed by atoms with Gasteiger partial charge in [0.2, 0.25) is 0 Å². The third-order valence-electron chi connectivity index (χ3n) is 8.04. The number of fused-ring (bicyclic) bond motifs is 1. The summed E-state index contributed by atoms with van der Waals surface area (Å²) in [5.74, 6) is -0.786. The molecule has 10 nitrogen and oxygen atoms in total. The van der Waals surface area contributed by atoms with E-state index in [2.05, 4.69) is 4.98 Å². The maximum Gasteiger partial charge on any atom is 0.418 e. The Morgan fingerprint density at radius 3 is 2.27 bits per heavy atom. The van der Waals surface area contributed by atoms with Crippen molar-refractivity contribution in [3.05, 3.63) is 104 Å². The Morgan fingerprint density at radius 1 is 0.956 bits per heavy atom. The Bertz CT molecular complexity index is 1880. The number of carbonyl (C=O) groups excluding carboxylic acids is 2. The van der Waals surface area contributed by atoms with Crippen molar-refractivity contribution in [3.63, 3.8) is 0 Å². The fourth-order valence-corrected chi connectivity index (χ4v) is 5.81. The lowest BCUT2D eigenvalue weighted by molar-refractivity contribution is -0.137. The van der Waals surface area contributed by atoms with E-state index in [0.717, 1.165) is 12.1 Å². The van der Waals surface area contributed by atoms with Gasteiger partial charge in [-0.1, -0.05) is 12.1 Å². The van der Waals surface area contributed by atoms with Crippen LogP contribution in [0.4, 0.5) is 13.2 Å². The van der Waals surface area contributed by atoms with Gasteiger partial charge in [0, 0.05) is 57.2 Å². The number of benzene rings is 2. The van der Waals surface area contributed by atoms with Crippen LogP contribution in [0.3, 0.4) is 0 Å². The van der Waals surface area contributed by atoms with Crippen molar-refractivity contribution in [3.8, 4) is 5.69 Å². The van der Waals surface area contributed by atoms with E-state index in [1.165, 1.54) is 29.7 Å². The number of piperazine rings is 1. The summed E-state index contributed by atoms with van der Waals surface area (Å²) in [5, 5.41) is -0.0482. The van der Waals surface area contributed by atoms with Crippen LogP contribution in [-0.4, -0.2) is 75.1 Å². The molecule has 1 aliphatic heterocycles. The third-order valence-corrected chi connectivity index (χ3v) is 8.04.